The Morgan fingerprint density at radius 2 is 1.83 bits per heavy atom. The van der Waals surface area contributed by atoms with Gasteiger partial charge >= 0.3 is 0 Å². The van der Waals surface area contributed by atoms with E-state index in [0.717, 1.165) is 12.1 Å². The molecule has 5 heteroatoms. The molecule has 0 unspecified atom stereocenters. The minimum Gasteiger partial charge on any atom is -0.326 e. The highest BCUT2D eigenvalue weighted by atomic mass is 19.1. The molecule has 4 nitrogen and oxygen atoms in total. The van der Waals surface area contributed by atoms with Crippen molar-refractivity contribution in [2.75, 3.05) is 16.8 Å². The number of carbonyl (C=O) groups is 2. The second-order valence-corrected chi connectivity index (χ2v) is 5.92. The number of carbonyl (C=O) groups excluding carboxylic acids is 2. The molecule has 2 amide bonds. The summed E-state index contributed by atoms with van der Waals surface area (Å²) in [4.78, 5) is 26.2. The SMILES string of the molecule is CCc1ccc(N2C[C@@H](C(=O)Nc3ccc(F)cc3)CC2=O)cc1. The van der Waals surface area contributed by atoms with E-state index in [1.165, 1.54) is 29.8 Å². The van der Waals surface area contributed by atoms with Crippen molar-refractivity contribution in [2.45, 2.75) is 19.8 Å². The number of aryl methyl sites for hydroxylation is 1. The van der Waals surface area contributed by atoms with Crippen LogP contribution in [0.3, 0.4) is 0 Å². The van der Waals surface area contributed by atoms with E-state index in [2.05, 4.69) is 12.2 Å². The summed E-state index contributed by atoms with van der Waals surface area (Å²) in [5.41, 5.74) is 2.55. The molecule has 1 aliphatic rings. The fourth-order valence-corrected chi connectivity index (χ4v) is 2.82. The maximum Gasteiger partial charge on any atom is 0.229 e. The number of rotatable bonds is 4. The topological polar surface area (TPSA) is 49.4 Å². The molecule has 0 spiro atoms. The molecule has 2 aromatic rings. The van der Waals surface area contributed by atoms with Gasteiger partial charge in [-0.05, 0) is 48.4 Å². The van der Waals surface area contributed by atoms with E-state index in [4.69, 9.17) is 0 Å². The van der Waals surface area contributed by atoms with Crippen molar-refractivity contribution < 1.29 is 14.0 Å². The number of halogens is 1. The summed E-state index contributed by atoms with van der Waals surface area (Å²) in [6.07, 6.45) is 1.12. The van der Waals surface area contributed by atoms with Crippen LogP contribution in [0.1, 0.15) is 18.9 Å². The van der Waals surface area contributed by atoms with E-state index in [9.17, 15) is 14.0 Å². The lowest BCUT2D eigenvalue weighted by Gasteiger charge is -2.17. The van der Waals surface area contributed by atoms with Gasteiger partial charge in [-0.1, -0.05) is 19.1 Å². The van der Waals surface area contributed by atoms with Gasteiger partial charge in [0.1, 0.15) is 5.82 Å². The normalized spacial score (nSPS) is 17.2. The van der Waals surface area contributed by atoms with Gasteiger partial charge in [0.15, 0.2) is 0 Å². The zero-order valence-corrected chi connectivity index (χ0v) is 13.5. The second-order valence-electron chi connectivity index (χ2n) is 5.92. The van der Waals surface area contributed by atoms with Crippen LogP contribution in [0.4, 0.5) is 15.8 Å². The average molecular weight is 326 g/mol. The molecule has 0 saturated carbocycles. The summed E-state index contributed by atoms with van der Waals surface area (Å²) in [6.45, 7) is 2.43. The monoisotopic (exact) mass is 326 g/mol. The number of nitrogens with zero attached hydrogens (tertiary/aromatic N) is 1. The number of nitrogens with one attached hydrogen (secondary N) is 1. The van der Waals surface area contributed by atoms with E-state index >= 15 is 0 Å². The predicted octanol–water partition coefficient (Wildman–Crippen LogP) is 3.38. The van der Waals surface area contributed by atoms with Gasteiger partial charge in [0.05, 0.1) is 5.92 Å². The Labute approximate surface area is 140 Å². The lowest BCUT2D eigenvalue weighted by molar-refractivity contribution is -0.122. The number of amides is 2. The maximum atomic E-state index is 12.9. The zero-order chi connectivity index (χ0) is 17.1. The highest BCUT2D eigenvalue weighted by molar-refractivity contribution is 6.03. The van der Waals surface area contributed by atoms with E-state index < -0.39 is 5.92 Å². The number of hydrogen-bond acceptors (Lipinski definition) is 2. The first-order valence-corrected chi connectivity index (χ1v) is 8.02. The second kappa shape index (κ2) is 6.83. The highest BCUT2D eigenvalue weighted by Gasteiger charge is 2.35. The molecule has 1 atom stereocenters. The van der Waals surface area contributed by atoms with Crippen LogP contribution in [0.25, 0.3) is 0 Å². The average Bonchev–Trinajstić information content (AvgIpc) is 2.99. The first kappa shape index (κ1) is 16.2. The summed E-state index contributed by atoms with van der Waals surface area (Å²) in [5, 5.41) is 2.74. The molecule has 3 rings (SSSR count). The smallest absolute Gasteiger partial charge is 0.229 e. The number of benzene rings is 2. The molecule has 1 N–H and O–H groups in total. The highest BCUT2D eigenvalue weighted by Crippen LogP contribution is 2.26. The first-order valence-electron chi connectivity index (χ1n) is 8.02. The molecular formula is C19H19FN2O2. The number of anilines is 2. The summed E-state index contributed by atoms with van der Waals surface area (Å²) >= 11 is 0. The van der Waals surface area contributed by atoms with E-state index in [1.54, 1.807) is 4.90 Å². The number of hydrogen-bond donors (Lipinski definition) is 1. The van der Waals surface area contributed by atoms with Gasteiger partial charge in [0.25, 0.3) is 0 Å². The lowest BCUT2D eigenvalue weighted by atomic mass is 10.1. The molecule has 1 fully saturated rings. The molecule has 0 aliphatic carbocycles. The first-order chi connectivity index (χ1) is 11.6. The minimum absolute atomic E-state index is 0.0569. The predicted molar refractivity (Wildman–Crippen MR) is 91.3 cm³/mol. The van der Waals surface area contributed by atoms with Crippen LogP contribution in [-0.2, 0) is 16.0 Å². The summed E-state index contributed by atoms with van der Waals surface area (Å²) < 4.78 is 12.9. The fraction of sp³-hybridized carbons (Fsp3) is 0.263. The Hall–Kier alpha value is -2.69. The third-order valence-electron chi connectivity index (χ3n) is 4.26. The molecule has 0 bridgehead atoms. The summed E-state index contributed by atoms with van der Waals surface area (Å²) in [6, 6.07) is 13.4. The van der Waals surface area contributed by atoms with Crippen molar-refractivity contribution in [2.24, 2.45) is 5.92 Å². The molecule has 1 aliphatic heterocycles. The van der Waals surface area contributed by atoms with Crippen LogP contribution >= 0.6 is 0 Å². The Balaban J connectivity index is 1.67. The van der Waals surface area contributed by atoms with Gasteiger partial charge in [-0.15, -0.1) is 0 Å². The molecule has 0 aromatic heterocycles. The minimum atomic E-state index is -0.409. The van der Waals surface area contributed by atoms with Gasteiger partial charge in [0, 0.05) is 24.3 Å². The van der Waals surface area contributed by atoms with Crippen LogP contribution < -0.4 is 10.2 Å². The summed E-state index contributed by atoms with van der Waals surface area (Å²) in [7, 11) is 0. The van der Waals surface area contributed by atoms with Crippen molar-refractivity contribution >= 4 is 23.2 Å². The van der Waals surface area contributed by atoms with Crippen molar-refractivity contribution in [3.63, 3.8) is 0 Å². The molecule has 0 radical (unpaired) electrons. The van der Waals surface area contributed by atoms with Gasteiger partial charge < -0.3 is 10.2 Å². The zero-order valence-electron chi connectivity index (χ0n) is 13.5. The Morgan fingerprint density at radius 3 is 2.46 bits per heavy atom. The Bertz CT molecular complexity index is 741. The molecule has 24 heavy (non-hydrogen) atoms. The molecule has 1 saturated heterocycles. The van der Waals surface area contributed by atoms with Gasteiger partial charge in [-0.2, -0.15) is 0 Å². The summed E-state index contributed by atoms with van der Waals surface area (Å²) in [5.74, 6) is -1.04. The molecule has 2 aromatic carbocycles. The van der Waals surface area contributed by atoms with E-state index in [0.29, 0.717) is 12.2 Å². The van der Waals surface area contributed by atoms with Crippen molar-refractivity contribution in [3.8, 4) is 0 Å². The van der Waals surface area contributed by atoms with Crippen LogP contribution in [0.5, 0.6) is 0 Å². The molecule has 124 valence electrons. The van der Waals surface area contributed by atoms with Crippen LogP contribution in [0.2, 0.25) is 0 Å². The van der Waals surface area contributed by atoms with Crippen LogP contribution in [0, 0.1) is 11.7 Å². The fourth-order valence-electron chi connectivity index (χ4n) is 2.82. The largest absolute Gasteiger partial charge is 0.326 e. The van der Waals surface area contributed by atoms with Crippen LogP contribution in [-0.4, -0.2) is 18.4 Å². The quantitative estimate of drug-likeness (QED) is 0.936. The third kappa shape index (κ3) is 3.45. The maximum absolute atomic E-state index is 12.9. The molecular weight excluding hydrogens is 307 g/mol. The van der Waals surface area contributed by atoms with Crippen LogP contribution in [0.15, 0.2) is 48.5 Å². The molecule has 1 heterocycles. The van der Waals surface area contributed by atoms with Gasteiger partial charge in [-0.25, -0.2) is 4.39 Å². The van der Waals surface area contributed by atoms with E-state index in [1.807, 2.05) is 24.3 Å². The van der Waals surface area contributed by atoms with Gasteiger partial charge in [-0.3, -0.25) is 9.59 Å². The van der Waals surface area contributed by atoms with Crippen molar-refractivity contribution in [1.29, 1.82) is 0 Å². The van der Waals surface area contributed by atoms with E-state index in [-0.39, 0.29) is 24.1 Å². The third-order valence-corrected chi connectivity index (χ3v) is 4.26. The Morgan fingerprint density at radius 1 is 1.17 bits per heavy atom. The van der Waals surface area contributed by atoms with Gasteiger partial charge in [0.2, 0.25) is 11.8 Å². The van der Waals surface area contributed by atoms with Crippen molar-refractivity contribution in [1.82, 2.24) is 0 Å². The standard InChI is InChI=1S/C19H19FN2O2/c1-2-13-3-9-17(10-4-13)22-12-14(11-18(22)23)19(24)21-16-7-5-15(20)6-8-16/h3-10,14H,2,11-12H2,1H3,(H,21,24)/t14-/m0/s1. The Kier molecular flexibility index (Phi) is 4.60. The van der Waals surface area contributed by atoms with Crippen molar-refractivity contribution in [3.05, 3.63) is 59.9 Å². The lowest BCUT2D eigenvalue weighted by Crippen LogP contribution is -2.28.